The molecule has 216 valence electrons. The number of rotatable bonds is 8. The third-order valence-electron chi connectivity index (χ3n) is 7.80. The number of nitrogens with one attached hydrogen (secondary N) is 1. The molecule has 1 atom stereocenters. The van der Waals surface area contributed by atoms with E-state index in [0.29, 0.717) is 47.6 Å². The Morgan fingerprint density at radius 2 is 1.95 bits per heavy atom. The SMILES string of the molecule is Cn1c(N2CCC(=O)NC2=O)cnc1-c1ccc2c(c1)[C@H](CO)N(Cc1ccc(OCc3c(F)cccc3Cl)cc1)C2. The van der Waals surface area contributed by atoms with E-state index in [1.54, 1.807) is 18.3 Å². The fraction of sp³-hybridized carbons (Fsp3) is 0.258. The van der Waals surface area contributed by atoms with Crippen molar-refractivity contribution in [3.63, 3.8) is 0 Å². The van der Waals surface area contributed by atoms with E-state index < -0.39 is 11.8 Å². The predicted molar refractivity (Wildman–Crippen MR) is 155 cm³/mol. The van der Waals surface area contributed by atoms with Crippen molar-refractivity contribution in [2.24, 2.45) is 7.05 Å². The summed E-state index contributed by atoms with van der Waals surface area (Å²) in [5.74, 6) is 1.20. The number of nitrogens with zero attached hydrogens (tertiary/aromatic N) is 4. The molecule has 0 bridgehead atoms. The molecular formula is C31H29ClFN5O4. The van der Waals surface area contributed by atoms with Crippen molar-refractivity contribution in [1.82, 2.24) is 19.8 Å². The predicted octanol–water partition coefficient (Wildman–Crippen LogP) is 4.95. The van der Waals surface area contributed by atoms with Gasteiger partial charge in [0.1, 0.15) is 29.8 Å². The lowest BCUT2D eigenvalue weighted by Gasteiger charge is -2.26. The van der Waals surface area contributed by atoms with Gasteiger partial charge in [-0.2, -0.15) is 0 Å². The van der Waals surface area contributed by atoms with Gasteiger partial charge in [0, 0.05) is 44.2 Å². The zero-order valence-corrected chi connectivity index (χ0v) is 23.6. The van der Waals surface area contributed by atoms with Gasteiger partial charge in [-0.25, -0.2) is 14.2 Å². The van der Waals surface area contributed by atoms with Crippen LogP contribution in [0, 0.1) is 5.82 Å². The van der Waals surface area contributed by atoms with Crippen LogP contribution in [0.4, 0.5) is 15.0 Å². The lowest BCUT2D eigenvalue weighted by Crippen LogP contribution is -2.50. The molecule has 1 aromatic heterocycles. The molecule has 1 saturated heterocycles. The topological polar surface area (TPSA) is 99.9 Å². The molecule has 3 aromatic carbocycles. The van der Waals surface area contributed by atoms with Crippen LogP contribution < -0.4 is 15.0 Å². The van der Waals surface area contributed by atoms with Gasteiger partial charge in [-0.3, -0.25) is 19.9 Å². The maximum absolute atomic E-state index is 14.1. The van der Waals surface area contributed by atoms with Crippen molar-refractivity contribution in [3.05, 3.63) is 100.0 Å². The van der Waals surface area contributed by atoms with Gasteiger partial charge in [-0.05, 0) is 47.0 Å². The monoisotopic (exact) mass is 589 g/mol. The van der Waals surface area contributed by atoms with Gasteiger partial charge in [0.2, 0.25) is 5.91 Å². The summed E-state index contributed by atoms with van der Waals surface area (Å²) in [7, 11) is 1.84. The van der Waals surface area contributed by atoms with Crippen LogP contribution in [0.25, 0.3) is 11.4 Å². The first-order valence-electron chi connectivity index (χ1n) is 13.6. The van der Waals surface area contributed by atoms with Gasteiger partial charge in [0.15, 0.2) is 0 Å². The Morgan fingerprint density at radius 1 is 1.14 bits per heavy atom. The van der Waals surface area contributed by atoms with Gasteiger partial charge in [-0.15, -0.1) is 0 Å². The van der Waals surface area contributed by atoms with E-state index in [2.05, 4.69) is 21.3 Å². The highest BCUT2D eigenvalue weighted by molar-refractivity contribution is 6.31. The quantitative estimate of drug-likeness (QED) is 0.302. The highest BCUT2D eigenvalue weighted by Gasteiger charge is 2.31. The summed E-state index contributed by atoms with van der Waals surface area (Å²) in [4.78, 5) is 32.2. The Labute approximate surface area is 247 Å². The fourth-order valence-corrected chi connectivity index (χ4v) is 5.76. The smallest absolute Gasteiger partial charge is 0.329 e. The zero-order chi connectivity index (χ0) is 29.4. The number of benzene rings is 3. The molecule has 2 aliphatic rings. The van der Waals surface area contributed by atoms with Crippen LogP contribution in [0.15, 0.2) is 66.9 Å². The molecule has 0 unspecified atom stereocenters. The minimum absolute atomic E-state index is 0.0314. The number of imidazole rings is 1. The van der Waals surface area contributed by atoms with E-state index in [1.807, 2.05) is 48.0 Å². The van der Waals surface area contributed by atoms with Crippen molar-refractivity contribution in [2.75, 3.05) is 18.1 Å². The van der Waals surface area contributed by atoms with Crippen LogP contribution in [0.3, 0.4) is 0 Å². The summed E-state index contributed by atoms with van der Waals surface area (Å²) >= 11 is 6.10. The number of fused-ring (bicyclic) bond motifs is 1. The molecule has 2 N–H and O–H groups in total. The van der Waals surface area contributed by atoms with E-state index in [-0.39, 0.29) is 31.6 Å². The highest BCUT2D eigenvalue weighted by atomic mass is 35.5. The van der Waals surface area contributed by atoms with Crippen LogP contribution >= 0.6 is 11.6 Å². The average molecular weight is 590 g/mol. The van der Waals surface area contributed by atoms with E-state index in [0.717, 1.165) is 22.3 Å². The number of carbonyl (C=O) groups excluding carboxylic acids is 2. The zero-order valence-electron chi connectivity index (χ0n) is 22.9. The Bertz CT molecular complexity index is 1640. The normalized spacial score (nSPS) is 17.0. The van der Waals surface area contributed by atoms with Crippen molar-refractivity contribution in [1.29, 1.82) is 0 Å². The number of hydrogen-bond donors (Lipinski definition) is 2. The second-order valence-corrected chi connectivity index (χ2v) is 10.8. The number of ether oxygens (including phenoxy) is 1. The number of aliphatic hydroxyl groups is 1. The van der Waals surface area contributed by atoms with Crippen LogP contribution in [0.5, 0.6) is 5.75 Å². The van der Waals surface area contributed by atoms with E-state index in [4.69, 9.17) is 16.3 Å². The number of aromatic nitrogens is 2. The number of amides is 3. The molecule has 3 amide bonds. The third-order valence-corrected chi connectivity index (χ3v) is 8.15. The van der Waals surface area contributed by atoms with Gasteiger partial charge < -0.3 is 14.4 Å². The molecule has 2 aliphatic heterocycles. The Kier molecular flexibility index (Phi) is 7.68. The van der Waals surface area contributed by atoms with Crippen molar-refractivity contribution >= 4 is 29.4 Å². The lowest BCUT2D eigenvalue weighted by atomic mass is 10.0. The first-order valence-corrected chi connectivity index (χ1v) is 14.0. The van der Waals surface area contributed by atoms with E-state index in [1.165, 1.54) is 11.0 Å². The van der Waals surface area contributed by atoms with Crippen LogP contribution in [0.1, 0.15) is 34.7 Å². The average Bonchev–Trinajstić information content (AvgIpc) is 3.52. The summed E-state index contributed by atoms with van der Waals surface area (Å²) in [6.45, 7) is 1.57. The van der Waals surface area contributed by atoms with Crippen molar-refractivity contribution < 1.29 is 23.8 Å². The molecule has 0 radical (unpaired) electrons. The Hall–Kier alpha value is -4.25. The van der Waals surface area contributed by atoms with Crippen molar-refractivity contribution in [3.8, 4) is 17.1 Å². The van der Waals surface area contributed by atoms with Crippen LogP contribution in [-0.2, 0) is 31.5 Å². The summed E-state index contributed by atoms with van der Waals surface area (Å²) in [6.07, 6.45) is 1.86. The second-order valence-electron chi connectivity index (χ2n) is 10.4. The van der Waals surface area contributed by atoms with E-state index >= 15 is 0 Å². The van der Waals surface area contributed by atoms with Gasteiger partial charge in [0.25, 0.3) is 0 Å². The van der Waals surface area contributed by atoms with Crippen molar-refractivity contribution in [2.45, 2.75) is 32.2 Å². The van der Waals surface area contributed by atoms with Gasteiger partial charge in [-0.1, -0.05) is 41.9 Å². The molecule has 0 saturated carbocycles. The molecule has 4 aromatic rings. The second kappa shape index (κ2) is 11.6. The molecule has 0 aliphatic carbocycles. The summed E-state index contributed by atoms with van der Waals surface area (Å²) < 4.78 is 21.6. The lowest BCUT2D eigenvalue weighted by molar-refractivity contribution is -0.120. The Balaban J connectivity index is 1.15. The molecule has 3 heterocycles. The number of halogens is 2. The van der Waals surface area contributed by atoms with Crippen LogP contribution in [0.2, 0.25) is 5.02 Å². The highest BCUT2D eigenvalue weighted by Crippen LogP contribution is 2.37. The maximum atomic E-state index is 14.1. The number of urea groups is 1. The molecule has 0 spiro atoms. The summed E-state index contributed by atoms with van der Waals surface area (Å²) in [5, 5.41) is 13.0. The minimum atomic E-state index is -0.458. The Morgan fingerprint density at radius 3 is 2.69 bits per heavy atom. The van der Waals surface area contributed by atoms with Gasteiger partial charge in [0.05, 0.1) is 23.9 Å². The first kappa shape index (κ1) is 27.9. The number of hydrogen-bond acceptors (Lipinski definition) is 6. The minimum Gasteiger partial charge on any atom is -0.489 e. The number of aliphatic hydroxyl groups excluding tert-OH is 1. The number of anilines is 1. The third kappa shape index (κ3) is 5.36. The summed E-state index contributed by atoms with van der Waals surface area (Å²) in [5.41, 5.74) is 4.39. The fourth-order valence-electron chi connectivity index (χ4n) is 5.55. The molecule has 1 fully saturated rings. The maximum Gasteiger partial charge on any atom is 0.329 e. The largest absolute Gasteiger partial charge is 0.489 e. The summed E-state index contributed by atoms with van der Waals surface area (Å²) in [6, 6.07) is 17.6. The first-order chi connectivity index (χ1) is 20.3. The molecule has 42 heavy (non-hydrogen) atoms. The molecule has 11 heteroatoms. The number of carbonyl (C=O) groups is 2. The molecular weight excluding hydrogens is 561 g/mol. The van der Waals surface area contributed by atoms with E-state index in [9.17, 15) is 19.1 Å². The van der Waals surface area contributed by atoms with Crippen LogP contribution in [-0.4, -0.2) is 44.6 Å². The van der Waals surface area contributed by atoms with Gasteiger partial charge >= 0.3 is 6.03 Å². The standard InChI is InChI=1S/C31H29ClFN5O4/c1-36-29(38-12-11-28(40)35-31(38)41)14-34-30(36)20-7-8-21-16-37(27(17-39)23(21)13-20)15-19-5-9-22(10-6-19)42-18-24-25(32)3-2-4-26(24)33/h2-10,13-14,27,39H,11-12,15-18H2,1H3,(H,35,40,41)/t27-/m0/s1. The molecule has 6 rings (SSSR count). The molecule has 9 nitrogen and oxygen atoms in total. The number of imide groups is 1.